The van der Waals surface area contributed by atoms with E-state index in [1.54, 1.807) is 0 Å². The Morgan fingerprint density at radius 3 is 2.29 bits per heavy atom. The minimum absolute atomic E-state index is 0.385. The van der Waals surface area contributed by atoms with E-state index in [1.807, 2.05) is 30.3 Å². The van der Waals surface area contributed by atoms with Gasteiger partial charge in [-0.15, -0.1) is 0 Å². The molecule has 1 unspecified atom stereocenters. The van der Waals surface area contributed by atoms with Gasteiger partial charge in [0, 0.05) is 0 Å². The second-order valence-electron chi connectivity index (χ2n) is 2.63. The molecule has 0 spiro atoms. The fourth-order valence-corrected chi connectivity index (χ4v) is 0.955. The molecule has 0 heterocycles. The molecule has 0 aromatic heterocycles. The lowest BCUT2D eigenvalue weighted by atomic mass is 10.1. The van der Waals surface area contributed by atoms with Gasteiger partial charge in [-0.3, -0.25) is 4.79 Å². The first kappa shape index (κ1) is 12.6. The van der Waals surface area contributed by atoms with E-state index in [-0.39, 0.29) is 0 Å². The molecule has 2 radical (unpaired) electrons. The molecule has 1 aromatic rings. The van der Waals surface area contributed by atoms with Crippen molar-refractivity contribution in [2.45, 2.75) is 12.5 Å². The van der Waals surface area contributed by atoms with Crippen molar-refractivity contribution in [3.63, 3.8) is 0 Å². The fraction of sp³-hybridized carbons (Fsp3) is 0.222. The van der Waals surface area contributed by atoms with Gasteiger partial charge in [0.1, 0.15) is 6.04 Å². The molecule has 0 amide bonds. The van der Waals surface area contributed by atoms with Crippen LogP contribution in [0.4, 0.5) is 0 Å². The number of benzene rings is 1. The van der Waals surface area contributed by atoms with Crippen molar-refractivity contribution in [2.24, 2.45) is 11.6 Å². The summed E-state index contributed by atoms with van der Waals surface area (Å²) in [6.07, 6.45) is 0.385. The van der Waals surface area contributed by atoms with Gasteiger partial charge in [-0.05, 0) is 17.8 Å². The summed E-state index contributed by atoms with van der Waals surface area (Å²) in [5, 5.41) is 8.52. The van der Waals surface area contributed by atoms with E-state index in [0.29, 0.717) is 6.42 Å². The average molecular weight is 195 g/mol. The molecule has 1 aromatic carbocycles. The standard InChI is InChI=1S/C9H11NO2.H2N2/c10-8(9(11)12)6-7-4-2-1-3-5-7;1-2/h1-5,8H,6,10H2,(H,11,12);1H2. The molecule has 5 heteroatoms. The number of nitrogens with zero attached hydrogens (tertiary/aromatic N) is 1. The van der Waals surface area contributed by atoms with Crippen molar-refractivity contribution in [3.8, 4) is 0 Å². The molecule has 0 aliphatic rings. The summed E-state index contributed by atoms with van der Waals surface area (Å²) in [5.41, 5.74) is 6.30. The SMILES string of the molecule is NC(Cc1ccccc1)C(=O)O.[N]N. The predicted molar refractivity (Wildman–Crippen MR) is 52.1 cm³/mol. The van der Waals surface area contributed by atoms with E-state index in [0.717, 1.165) is 5.56 Å². The third-order valence-corrected chi connectivity index (χ3v) is 1.62. The lowest BCUT2D eigenvalue weighted by Gasteiger charge is -2.04. The zero-order chi connectivity index (χ0) is 11.0. The molecule has 0 bridgehead atoms. The quantitative estimate of drug-likeness (QED) is 0.448. The van der Waals surface area contributed by atoms with Crippen molar-refractivity contribution < 1.29 is 9.90 Å². The Morgan fingerprint density at radius 1 is 1.36 bits per heavy atom. The number of carboxylic acid groups (broad SMARTS) is 1. The number of hydrogen-bond acceptors (Lipinski definition) is 3. The number of hydrogen-bond donors (Lipinski definition) is 3. The maximum absolute atomic E-state index is 10.4. The molecule has 0 saturated heterocycles. The maximum Gasteiger partial charge on any atom is 0.320 e. The highest BCUT2D eigenvalue weighted by Gasteiger charge is 2.10. The van der Waals surface area contributed by atoms with Crippen LogP contribution in [0.3, 0.4) is 0 Å². The predicted octanol–water partition coefficient (Wildman–Crippen LogP) is -0.430. The van der Waals surface area contributed by atoms with Crippen LogP contribution in [0.1, 0.15) is 5.56 Å². The summed E-state index contributed by atoms with van der Waals surface area (Å²) in [6, 6.07) is 8.54. The smallest absolute Gasteiger partial charge is 0.320 e. The Bertz CT molecular complexity index is 264. The van der Waals surface area contributed by atoms with Crippen LogP contribution in [0, 0.1) is 0 Å². The zero-order valence-electron chi connectivity index (χ0n) is 7.63. The van der Waals surface area contributed by atoms with Gasteiger partial charge in [0.25, 0.3) is 0 Å². The van der Waals surface area contributed by atoms with Gasteiger partial charge in [0.15, 0.2) is 0 Å². The summed E-state index contributed by atoms with van der Waals surface area (Å²) in [6.45, 7) is 0. The van der Waals surface area contributed by atoms with Crippen molar-refractivity contribution in [1.82, 2.24) is 5.84 Å². The zero-order valence-corrected chi connectivity index (χ0v) is 7.63. The molecule has 0 saturated carbocycles. The van der Waals surface area contributed by atoms with Gasteiger partial charge in [-0.25, -0.2) is 5.84 Å². The molecule has 0 aliphatic heterocycles. The summed E-state index contributed by atoms with van der Waals surface area (Å²) in [4.78, 5) is 10.4. The molecule has 5 nitrogen and oxygen atoms in total. The van der Waals surface area contributed by atoms with E-state index < -0.39 is 12.0 Å². The average Bonchev–Trinajstić information content (AvgIpc) is 2.22. The molecule has 0 fully saturated rings. The number of rotatable bonds is 3. The van der Waals surface area contributed by atoms with Crippen molar-refractivity contribution >= 4 is 5.97 Å². The van der Waals surface area contributed by atoms with E-state index in [9.17, 15) is 4.79 Å². The molecule has 0 aliphatic carbocycles. The Hall–Kier alpha value is -1.43. The molecule has 14 heavy (non-hydrogen) atoms. The minimum Gasteiger partial charge on any atom is -0.480 e. The van der Waals surface area contributed by atoms with E-state index in [2.05, 4.69) is 5.84 Å². The van der Waals surface area contributed by atoms with Crippen LogP contribution in [0.25, 0.3) is 0 Å². The second kappa shape index (κ2) is 7.02. The Labute approximate surface area is 82.5 Å². The topological polar surface area (TPSA) is 112 Å². The normalized spacial score (nSPS) is 11.1. The first-order valence-electron chi connectivity index (χ1n) is 3.98. The van der Waals surface area contributed by atoms with Crippen LogP contribution in [-0.2, 0) is 11.2 Å². The van der Waals surface area contributed by atoms with E-state index in [4.69, 9.17) is 16.7 Å². The number of aliphatic carboxylic acids is 1. The molecule has 76 valence electrons. The fourth-order valence-electron chi connectivity index (χ4n) is 0.955. The van der Waals surface area contributed by atoms with Crippen LogP contribution in [-0.4, -0.2) is 17.1 Å². The molecular weight excluding hydrogens is 182 g/mol. The van der Waals surface area contributed by atoms with Crippen LogP contribution in [0.2, 0.25) is 0 Å². The largest absolute Gasteiger partial charge is 0.480 e. The van der Waals surface area contributed by atoms with E-state index >= 15 is 0 Å². The minimum atomic E-state index is -0.959. The Kier molecular flexibility index (Phi) is 6.30. The number of carboxylic acids is 1. The second-order valence-corrected chi connectivity index (χ2v) is 2.63. The monoisotopic (exact) mass is 195 g/mol. The van der Waals surface area contributed by atoms with Gasteiger partial charge in [-0.2, -0.15) is 0 Å². The third kappa shape index (κ3) is 4.56. The summed E-state index contributed by atoms with van der Waals surface area (Å²) in [5.74, 6) is 9.04. The van der Waals surface area contributed by atoms with Gasteiger partial charge in [0.2, 0.25) is 0 Å². The summed E-state index contributed by atoms with van der Waals surface area (Å²) < 4.78 is 0. The summed E-state index contributed by atoms with van der Waals surface area (Å²) in [7, 11) is 0. The van der Waals surface area contributed by atoms with Crippen LogP contribution in [0.5, 0.6) is 0 Å². The maximum atomic E-state index is 10.4. The van der Waals surface area contributed by atoms with Crippen molar-refractivity contribution in [2.75, 3.05) is 0 Å². The number of carbonyl (C=O) groups is 1. The summed E-state index contributed by atoms with van der Waals surface area (Å²) >= 11 is 0. The van der Waals surface area contributed by atoms with Gasteiger partial charge < -0.3 is 10.8 Å². The van der Waals surface area contributed by atoms with Gasteiger partial charge >= 0.3 is 5.97 Å². The number of nitrogens with two attached hydrogens (primary N) is 2. The molecule has 1 atom stereocenters. The Balaban J connectivity index is 0.000000791. The van der Waals surface area contributed by atoms with Crippen LogP contribution >= 0.6 is 0 Å². The van der Waals surface area contributed by atoms with Gasteiger partial charge in [-0.1, -0.05) is 30.3 Å². The van der Waals surface area contributed by atoms with Crippen LogP contribution in [0.15, 0.2) is 30.3 Å². The molecular formula is C9H13N3O2. The van der Waals surface area contributed by atoms with Crippen molar-refractivity contribution in [3.05, 3.63) is 35.9 Å². The first-order chi connectivity index (χ1) is 6.70. The van der Waals surface area contributed by atoms with Gasteiger partial charge in [0.05, 0.1) is 0 Å². The Morgan fingerprint density at radius 2 is 1.86 bits per heavy atom. The van der Waals surface area contributed by atoms with E-state index in [1.165, 1.54) is 0 Å². The molecule has 5 N–H and O–H groups in total. The van der Waals surface area contributed by atoms with Crippen LogP contribution < -0.4 is 17.4 Å². The lowest BCUT2D eigenvalue weighted by molar-refractivity contribution is -0.138. The highest BCUT2D eigenvalue weighted by molar-refractivity contribution is 5.73. The van der Waals surface area contributed by atoms with Crippen molar-refractivity contribution in [1.29, 1.82) is 0 Å². The first-order valence-corrected chi connectivity index (χ1v) is 3.98. The highest BCUT2D eigenvalue weighted by Crippen LogP contribution is 2.01. The lowest BCUT2D eigenvalue weighted by Crippen LogP contribution is -2.32. The third-order valence-electron chi connectivity index (χ3n) is 1.62. The molecule has 1 rings (SSSR count). The highest BCUT2D eigenvalue weighted by atomic mass is 16.4.